The average molecular weight is 300 g/mol. The number of carbonyl (C=O) groups is 1. The van der Waals surface area contributed by atoms with E-state index in [1.165, 1.54) is 6.33 Å². The molecule has 116 valence electrons. The fourth-order valence-corrected chi connectivity index (χ4v) is 2.91. The van der Waals surface area contributed by atoms with Crippen molar-refractivity contribution < 1.29 is 4.79 Å². The van der Waals surface area contributed by atoms with Crippen molar-refractivity contribution in [2.45, 2.75) is 45.2 Å². The van der Waals surface area contributed by atoms with Crippen LogP contribution in [0.15, 0.2) is 25.0 Å². The zero-order valence-corrected chi connectivity index (χ0v) is 13.1. The van der Waals surface area contributed by atoms with E-state index in [0.717, 1.165) is 30.8 Å². The molecule has 3 rings (SSSR count). The summed E-state index contributed by atoms with van der Waals surface area (Å²) in [7, 11) is 0. The summed E-state index contributed by atoms with van der Waals surface area (Å²) in [5.41, 5.74) is 0.962. The summed E-state index contributed by atoms with van der Waals surface area (Å²) in [5, 5.41) is 4.12. The third-order valence-electron chi connectivity index (χ3n) is 4.14. The van der Waals surface area contributed by atoms with Crippen molar-refractivity contribution in [1.82, 2.24) is 29.6 Å². The minimum atomic E-state index is -0.768. The van der Waals surface area contributed by atoms with Crippen LogP contribution in [0.5, 0.6) is 0 Å². The third kappa shape index (κ3) is 2.47. The van der Waals surface area contributed by atoms with Crippen molar-refractivity contribution in [2.24, 2.45) is 0 Å². The molecule has 1 aliphatic rings. The molecule has 1 fully saturated rings. The topological polar surface area (TPSA) is 76.8 Å². The molecule has 0 N–H and O–H groups in total. The highest BCUT2D eigenvalue weighted by atomic mass is 16.2. The molecule has 1 unspecified atom stereocenters. The molecule has 0 spiro atoms. The summed E-state index contributed by atoms with van der Waals surface area (Å²) in [6, 6.07) is -0.0114. The molecule has 7 nitrogen and oxygen atoms in total. The van der Waals surface area contributed by atoms with E-state index in [2.05, 4.69) is 20.1 Å². The Hall–Kier alpha value is -2.31. The van der Waals surface area contributed by atoms with Gasteiger partial charge in [0.2, 0.25) is 0 Å². The van der Waals surface area contributed by atoms with Gasteiger partial charge in [-0.1, -0.05) is 0 Å². The molecule has 7 heteroatoms. The Kier molecular flexibility index (Phi) is 3.64. The monoisotopic (exact) mass is 300 g/mol. The Balaban J connectivity index is 1.88. The number of likely N-dealkylation sites (tertiary alicyclic amines) is 1. The van der Waals surface area contributed by atoms with Crippen LogP contribution in [0.25, 0.3) is 0 Å². The van der Waals surface area contributed by atoms with Crippen molar-refractivity contribution >= 4 is 5.91 Å². The summed E-state index contributed by atoms with van der Waals surface area (Å²) in [4.78, 5) is 27.6. The standard InChI is InChI=1S/C15H20N6O/c1-11-7-16-8-12(19-11)13-5-4-6-20(13)14(22)15(2,3)21-10-17-9-18-21/h7-10,13H,4-6H2,1-3H3. The number of amides is 1. The van der Waals surface area contributed by atoms with Crippen molar-refractivity contribution in [1.29, 1.82) is 0 Å². The van der Waals surface area contributed by atoms with E-state index in [0.29, 0.717) is 0 Å². The smallest absolute Gasteiger partial charge is 0.250 e. The van der Waals surface area contributed by atoms with E-state index in [1.54, 1.807) is 23.4 Å². The predicted molar refractivity (Wildman–Crippen MR) is 79.8 cm³/mol. The number of aromatic nitrogens is 5. The number of hydrogen-bond donors (Lipinski definition) is 0. The minimum absolute atomic E-state index is 0.0114. The Morgan fingerprint density at radius 3 is 2.82 bits per heavy atom. The first-order chi connectivity index (χ1) is 10.5. The number of rotatable bonds is 3. The van der Waals surface area contributed by atoms with Gasteiger partial charge in [0.25, 0.3) is 5.91 Å². The molecule has 22 heavy (non-hydrogen) atoms. The van der Waals surface area contributed by atoms with Gasteiger partial charge in [-0.15, -0.1) is 0 Å². The molecule has 3 heterocycles. The molecule has 0 radical (unpaired) electrons. The Bertz CT molecular complexity index is 666. The molecule has 1 atom stereocenters. The lowest BCUT2D eigenvalue weighted by Crippen LogP contribution is -2.47. The lowest BCUT2D eigenvalue weighted by atomic mass is 10.0. The summed E-state index contributed by atoms with van der Waals surface area (Å²) in [6.07, 6.45) is 8.39. The molecular weight excluding hydrogens is 280 g/mol. The maximum atomic E-state index is 13.0. The molecule has 0 aliphatic carbocycles. The van der Waals surface area contributed by atoms with Gasteiger partial charge in [0, 0.05) is 12.7 Å². The van der Waals surface area contributed by atoms with E-state index in [9.17, 15) is 4.79 Å². The first kappa shape index (κ1) is 14.6. The molecule has 1 saturated heterocycles. The highest BCUT2D eigenvalue weighted by Gasteiger charge is 2.40. The Morgan fingerprint density at radius 2 is 2.14 bits per heavy atom. The largest absolute Gasteiger partial charge is 0.332 e. The fourth-order valence-electron chi connectivity index (χ4n) is 2.91. The first-order valence-corrected chi connectivity index (χ1v) is 7.45. The van der Waals surface area contributed by atoms with Gasteiger partial charge in [-0.05, 0) is 33.6 Å². The predicted octanol–water partition coefficient (Wildman–Crippen LogP) is 1.48. The lowest BCUT2D eigenvalue weighted by Gasteiger charge is -2.32. The van der Waals surface area contributed by atoms with E-state index in [4.69, 9.17) is 0 Å². The van der Waals surface area contributed by atoms with Crippen LogP contribution in [0, 0.1) is 6.92 Å². The van der Waals surface area contributed by atoms with Crippen molar-refractivity contribution in [3.8, 4) is 0 Å². The fraction of sp³-hybridized carbons (Fsp3) is 0.533. The molecule has 0 saturated carbocycles. The second-order valence-corrected chi connectivity index (χ2v) is 6.14. The van der Waals surface area contributed by atoms with Crippen LogP contribution in [0.1, 0.15) is 44.1 Å². The molecule has 2 aromatic heterocycles. The summed E-state index contributed by atoms with van der Waals surface area (Å²) < 4.78 is 1.60. The van der Waals surface area contributed by atoms with Crippen molar-refractivity contribution in [3.63, 3.8) is 0 Å². The molecule has 1 amide bonds. The van der Waals surface area contributed by atoms with E-state index < -0.39 is 5.54 Å². The Labute approximate surface area is 129 Å². The SMILES string of the molecule is Cc1cncc(C2CCCN2C(=O)C(C)(C)n2cncn2)n1. The second kappa shape index (κ2) is 5.47. The average Bonchev–Trinajstić information content (AvgIpc) is 3.18. The van der Waals surface area contributed by atoms with Crippen LogP contribution >= 0.6 is 0 Å². The number of nitrogens with zero attached hydrogens (tertiary/aromatic N) is 6. The third-order valence-corrected chi connectivity index (χ3v) is 4.14. The highest BCUT2D eigenvalue weighted by Crippen LogP contribution is 2.33. The quantitative estimate of drug-likeness (QED) is 0.858. The zero-order chi connectivity index (χ0) is 15.7. The second-order valence-electron chi connectivity index (χ2n) is 6.14. The molecule has 2 aromatic rings. The number of aryl methyl sites for hydroxylation is 1. The highest BCUT2D eigenvalue weighted by molar-refractivity contribution is 5.84. The maximum absolute atomic E-state index is 13.0. The van der Waals surface area contributed by atoms with Gasteiger partial charge in [0.1, 0.15) is 18.2 Å². The van der Waals surface area contributed by atoms with Crippen LogP contribution in [0.3, 0.4) is 0 Å². The van der Waals surface area contributed by atoms with Gasteiger partial charge in [-0.3, -0.25) is 14.8 Å². The summed E-state index contributed by atoms with van der Waals surface area (Å²) in [5.74, 6) is 0.0313. The van der Waals surface area contributed by atoms with E-state index in [-0.39, 0.29) is 11.9 Å². The normalized spacial score (nSPS) is 18.7. The van der Waals surface area contributed by atoms with Gasteiger partial charge < -0.3 is 4.90 Å². The number of hydrogen-bond acceptors (Lipinski definition) is 5. The molecule has 0 bridgehead atoms. The maximum Gasteiger partial charge on any atom is 0.250 e. The van der Waals surface area contributed by atoms with Gasteiger partial charge in [-0.2, -0.15) is 5.10 Å². The summed E-state index contributed by atoms with van der Waals surface area (Å²) in [6.45, 7) is 6.37. The van der Waals surface area contributed by atoms with Crippen LogP contribution in [-0.2, 0) is 10.3 Å². The Morgan fingerprint density at radius 1 is 1.32 bits per heavy atom. The lowest BCUT2D eigenvalue weighted by molar-refractivity contribution is -0.140. The van der Waals surface area contributed by atoms with Crippen LogP contribution in [0.2, 0.25) is 0 Å². The minimum Gasteiger partial charge on any atom is -0.332 e. The first-order valence-electron chi connectivity index (χ1n) is 7.45. The number of carbonyl (C=O) groups excluding carboxylic acids is 1. The molecule has 0 aromatic carbocycles. The van der Waals surface area contributed by atoms with Crippen LogP contribution < -0.4 is 0 Å². The van der Waals surface area contributed by atoms with Gasteiger partial charge >= 0.3 is 0 Å². The van der Waals surface area contributed by atoms with Gasteiger partial charge in [-0.25, -0.2) is 9.67 Å². The summed E-state index contributed by atoms with van der Waals surface area (Å²) >= 11 is 0. The van der Waals surface area contributed by atoms with Crippen molar-refractivity contribution in [3.05, 3.63) is 36.4 Å². The van der Waals surface area contributed by atoms with Crippen molar-refractivity contribution in [2.75, 3.05) is 6.54 Å². The molecular formula is C15H20N6O. The zero-order valence-electron chi connectivity index (χ0n) is 13.1. The van der Waals surface area contributed by atoms with Crippen LogP contribution in [-0.4, -0.2) is 42.1 Å². The van der Waals surface area contributed by atoms with E-state index in [1.807, 2.05) is 25.7 Å². The van der Waals surface area contributed by atoms with Gasteiger partial charge in [0.15, 0.2) is 0 Å². The van der Waals surface area contributed by atoms with Crippen LogP contribution in [0.4, 0.5) is 0 Å². The van der Waals surface area contributed by atoms with Gasteiger partial charge in [0.05, 0.1) is 23.6 Å². The van der Waals surface area contributed by atoms with E-state index >= 15 is 0 Å². The molecule has 1 aliphatic heterocycles.